The Morgan fingerprint density at radius 1 is 1.00 bits per heavy atom. The first-order chi connectivity index (χ1) is 17.3. The fourth-order valence-corrected chi connectivity index (χ4v) is 4.53. The Labute approximate surface area is 211 Å². The summed E-state index contributed by atoms with van der Waals surface area (Å²) in [6.07, 6.45) is 2.59. The van der Waals surface area contributed by atoms with Gasteiger partial charge in [-0.2, -0.15) is 0 Å². The number of carboxylic acid groups (broad SMARTS) is 1. The van der Waals surface area contributed by atoms with E-state index in [1.165, 1.54) is 0 Å². The number of aliphatic carboxylic acids is 1. The van der Waals surface area contributed by atoms with Crippen molar-refractivity contribution in [2.75, 3.05) is 5.32 Å². The van der Waals surface area contributed by atoms with E-state index in [9.17, 15) is 9.59 Å². The predicted octanol–water partition coefficient (Wildman–Crippen LogP) is 5.76. The molecule has 1 amide bonds. The zero-order valence-electron chi connectivity index (χ0n) is 21.0. The molecule has 1 aromatic heterocycles. The summed E-state index contributed by atoms with van der Waals surface area (Å²) in [5.74, 6) is -0.906. The van der Waals surface area contributed by atoms with Crippen LogP contribution in [0.15, 0.2) is 72.9 Å². The Morgan fingerprint density at radius 3 is 2.50 bits per heavy atom. The minimum absolute atomic E-state index is 0.0692. The van der Waals surface area contributed by atoms with Gasteiger partial charge in [0.2, 0.25) is 5.91 Å². The number of carbonyl (C=O) groups excluding carboxylic acids is 1. The molecule has 4 N–H and O–H groups in total. The molecule has 4 rings (SSSR count). The zero-order valence-corrected chi connectivity index (χ0v) is 21.0. The van der Waals surface area contributed by atoms with Gasteiger partial charge in [-0.25, -0.2) is 0 Å². The fourth-order valence-electron chi connectivity index (χ4n) is 4.53. The van der Waals surface area contributed by atoms with E-state index < -0.39 is 5.97 Å². The lowest BCUT2D eigenvalue weighted by molar-refractivity contribution is -0.137. The van der Waals surface area contributed by atoms with Gasteiger partial charge in [0.1, 0.15) is 0 Å². The number of rotatable bonds is 10. The molecule has 0 bridgehead atoms. The molecule has 4 aromatic rings. The molecule has 6 nitrogen and oxygen atoms in total. The second-order valence-electron chi connectivity index (χ2n) is 9.57. The second kappa shape index (κ2) is 11.1. The van der Waals surface area contributed by atoms with Crippen molar-refractivity contribution in [3.63, 3.8) is 0 Å². The van der Waals surface area contributed by atoms with E-state index in [2.05, 4.69) is 54.6 Å². The van der Waals surface area contributed by atoms with Crippen molar-refractivity contribution in [1.82, 2.24) is 10.3 Å². The molecule has 0 saturated heterocycles. The molecule has 6 heteroatoms. The third kappa shape index (κ3) is 6.13. The predicted molar refractivity (Wildman–Crippen MR) is 144 cm³/mol. The van der Waals surface area contributed by atoms with E-state index in [0.717, 1.165) is 44.4 Å². The Morgan fingerprint density at radius 2 is 1.78 bits per heavy atom. The molecular weight excluding hydrogens is 450 g/mol. The van der Waals surface area contributed by atoms with Gasteiger partial charge >= 0.3 is 5.97 Å². The summed E-state index contributed by atoms with van der Waals surface area (Å²) >= 11 is 0. The average Bonchev–Trinajstić information content (AvgIpc) is 3.24. The maximum Gasteiger partial charge on any atom is 0.303 e. The highest BCUT2D eigenvalue weighted by atomic mass is 16.4. The quantitative estimate of drug-likeness (QED) is 0.231. The highest BCUT2D eigenvalue weighted by molar-refractivity contribution is 5.86. The highest BCUT2D eigenvalue weighted by Gasteiger charge is 2.21. The van der Waals surface area contributed by atoms with Crippen LogP contribution in [0.3, 0.4) is 0 Å². The molecule has 1 unspecified atom stereocenters. The summed E-state index contributed by atoms with van der Waals surface area (Å²) in [7, 11) is 0. The molecule has 0 fully saturated rings. The van der Waals surface area contributed by atoms with Crippen LogP contribution in [-0.4, -0.2) is 28.0 Å². The molecule has 1 atom stereocenters. The molecule has 0 saturated carbocycles. The zero-order chi connectivity index (χ0) is 25.7. The largest absolute Gasteiger partial charge is 0.481 e. The summed E-state index contributed by atoms with van der Waals surface area (Å²) < 4.78 is 0. The fraction of sp³-hybridized carbons (Fsp3) is 0.267. The Bertz CT molecular complexity index is 1360. The standard InChI is InChI=1S/C30H33N3O3/c1-19(2)32-27-15-20(3)9-12-24(27)30(22-7-5-4-6-8-22)33-28(34)17-21-10-13-26-25(16-21)23(18-31-26)11-14-29(35)36/h4-10,12-13,15-16,18-19,30-32H,11,14,17H2,1-3H3,(H,33,34)(H,35,36). The highest BCUT2D eigenvalue weighted by Crippen LogP contribution is 2.30. The number of carbonyl (C=O) groups is 2. The number of carboxylic acids is 1. The van der Waals surface area contributed by atoms with Gasteiger partial charge in [0.15, 0.2) is 0 Å². The molecule has 186 valence electrons. The molecule has 1 heterocycles. The van der Waals surface area contributed by atoms with Crippen LogP contribution in [0.4, 0.5) is 5.69 Å². The second-order valence-corrected chi connectivity index (χ2v) is 9.57. The SMILES string of the molecule is Cc1ccc(C(NC(=O)Cc2ccc3[nH]cc(CCC(=O)O)c3c2)c2ccccc2)c(NC(C)C)c1. The Kier molecular flexibility index (Phi) is 7.74. The van der Waals surface area contributed by atoms with E-state index in [4.69, 9.17) is 5.11 Å². The maximum absolute atomic E-state index is 13.3. The van der Waals surface area contributed by atoms with Gasteiger partial charge in [-0.3, -0.25) is 9.59 Å². The average molecular weight is 484 g/mol. The Hall–Kier alpha value is -4.06. The van der Waals surface area contributed by atoms with Crippen LogP contribution in [-0.2, 0) is 22.4 Å². The van der Waals surface area contributed by atoms with Gasteiger partial charge < -0.3 is 20.7 Å². The van der Waals surface area contributed by atoms with Crippen molar-refractivity contribution in [3.05, 3.63) is 101 Å². The molecule has 36 heavy (non-hydrogen) atoms. The number of aromatic amines is 1. The van der Waals surface area contributed by atoms with E-state index in [0.29, 0.717) is 6.42 Å². The molecule has 0 radical (unpaired) electrons. The van der Waals surface area contributed by atoms with Gasteiger partial charge in [-0.1, -0.05) is 48.5 Å². The maximum atomic E-state index is 13.3. The lowest BCUT2D eigenvalue weighted by Crippen LogP contribution is -2.31. The van der Waals surface area contributed by atoms with E-state index in [1.54, 1.807) is 0 Å². The Balaban J connectivity index is 1.60. The van der Waals surface area contributed by atoms with Crippen LogP contribution < -0.4 is 10.6 Å². The lowest BCUT2D eigenvalue weighted by atomic mass is 9.95. The van der Waals surface area contributed by atoms with Crippen LogP contribution in [0.2, 0.25) is 0 Å². The van der Waals surface area contributed by atoms with Crippen LogP contribution in [0.5, 0.6) is 0 Å². The summed E-state index contributed by atoms with van der Waals surface area (Å²) in [5, 5.41) is 16.8. The van der Waals surface area contributed by atoms with Crippen molar-refractivity contribution in [2.45, 2.75) is 52.1 Å². The van der Waals surface area contributed by atoms with Crippen LogP contribution in [0.25, 0.3) is 10.9 Å². The number of anilines is 1. The van der Waals surface area contributed by atoms with Gasteiger partial charge in [0.05, 0.1) is 12.5 Å². The summed E-state index contributed by atoms with van der Waals surface area (Å²) in [6.45, 7) is 6.27. The topological polar surface area (TPSA) is 94.2 Å². The van der Waals surface area contributed by atoms with Crippen molar-refractivity contribution < 1.29 is 14.7 Å². The van der Waals surface area contributed by atoms with E-state index >= 15 is 0 Å². The number of amides is 1. The summed E-state index contributed by atoms with van der Waals surface area (Å²) in [4.78, 5) is 27.5. The monoisotopic (exact) mass is 483 g/mol. The number of aryl methyl sites for hydroxylation is 2. The minimum Gasteiger partial charge on any atom is -0.481 e. The number of hydrogen-bond acceptors (Lipinski definition) is 3. The molecule has 3 aromatic carbocycles. The molecule has 0 aliphatic heterocycles. The van der Waals surface area contributed by atoms with Crippen molar-refractivity contribution in [1.29, 1.82) is 0 Å². The molecule has 0 spiro atoms. The van der Waals surface area contributed by atoms with E-state index in [-0.39, 0.29) is 30.8 Å². The van der Waals surface area contributed by atoms with E-state index in [1.807, 2.05) is 54.7 Å². The number of fused-ring (bicyclic) bond motifs is 1. The van der Waals surface area contributed by atoms with Gasteiger partial charge in [-0.15, -0.1) is 0 Å². The first-order valence-electron chi connectivity index (χ1n) is 12.3. The lowest BCUT2D eigenvalue weighted by Gasteiger charge is -2.24. The first kappa shape index (κ1) is 25.0. The smallest absolute Gasteiger partial charge is 0.303 e. The summed E-state index contributed by atoms with van der Waals surface area (Å²) in [5.41, 5.74) is 6.96. The van der Waals surface area contributed by atoms with Crippen LogP contribution in [0, 0.1) is 6.92 Å². The van der Waals surface area contributed by atoms with Crippen molar-refractivity contribution in [3.8, 4) is 0 Å². The van der Waals surface area contributed by atoms with Gasteiger partial charge in [-0.05, 0) is 67.6 Å². The normalized spacial score (nSPS) is 12.0. The molecular formula is C30H33N3O3. The third-order valence-electron chi connectivity index (χ3n) is 6.21. The van der Waals surface area contributed by atoms with Crippen molar-refractivity contribution >= 4 is 28.5 Å². The van der Waals surface area contributed by atoms with Gasteiger partial charge in [0.25, 0.3) is 0 Å². The number of nitrogens with one attached hydrogen (secondary N) is 3. The minimum atomic E-state index is -0.825. The number of H-pyrrole nitrogens is 1. The number of hydrogen-bond donors (Lipinski definition) is 4. The number of aromatic nitrogens is 1. The molecule has 0 aliphatic carbocycles. The van der Waals surface area contributed by atoms with Crippen LogP contribution >= 0.6 is 0 Å². The summed E-state index contributed by atoms with van der Waals surface area (Å²) in [6, 6.07) is 22.1. The molecule has 0 aliphatic rings. The number of benzene rings is 3. The third-order valence-corrected chi connectivity index (χ3v) is 6.21. The van der Waals surface area contributed by atoms with Gasteiger partial charge in [0, 0.05) is 40.8 Å². The van der Waals surface area contributed by atoms with Crippen molar-refractivity contribution in [2.24, 2.45) is 0 Å². The first-order valence-corrected chi connectivity index (χ1v) is 12.3. The van der Waals surface area contributed by atoms with Crippen LogP contribution in [0.1, 0.15) is 54.1 Å².